The van der Waals surface area contributed by atoms with E-state index in [4.69, 9.17) is 34.7 Å². The first kappa shape index (κ1) is 13.4. The van der Waals surface area contributed by atoms with Crippen molar-refractivity contribution < 1.29 is 0 Å². The van der Waals surface area contributed by atoms with Gasteiger partial charge in [-0.3, -0.25) is 0 Å². The van der Waals surface area contributed by atoms with Crippen LogP contribution in [0.2, 0.25) is 10.0 Å². The highest BCUT2D eigenvalue weighted by atomic mass is 35.5. The first-order valence-electron chi connectivity index (χ1n) is 5.60. The molecule has 2 nitrogen and oxygen atoms in total. The molecule has 18 heavy (non-hydrogen) atoms. The molecular formula is C14H14Cl2N2. The van der Waals surface area contributed by atoms with Crippen molar-refractivity contribution in [3.8, 4) is 0 Å². The first-order chi connectivity index (χ1) is 8.58. The zero-order valence-corrected chi connectivity index (χ0v) is 11.2. The summed E-state index contributed by atoms with van der Waals surface area (Å²) >= 11 is 11.7. The smallest absolute Gasteiger partial charge is 0.0491 e. The normalized spacial score (nSPS) is 14.2. The number of benzene rings is 2. The topological polar surface area (TPSA) is 52.0 Å². The zero-order valence-electron chi connectivity index (χ0n) is 9.68. The Morgan fingerprint density at radius 3 is 1.17 bits per heavy atom. The third-order valence-electron chi connectivity index (χ3n) is 2.90. The average molecular weight is 281 g/mol. The average Bonchev–Trinajstić information content (AvgIpc) is 2.39. The monoisotopic (exact) mass is 280 g/mol. The van der Waals surface area contributed by atoms with Gasteiger partial charge in [-0.2, -0.15) is 0 Å². The van der Waals surface area contributed by atoms with Gasteiger partial charge in [-0.15, -0.1) is 0 Å². The number of hydrogen-bond acceptors (Lipinski definition) is 2. The summed E-state index contributed by atoms with van der Waals surface area (Å²) in [6.45, 7) is 0. The predicted molar refractivity (Wildman–Crippen MR) is 76.8 cm³/mol. The Hall–Kier alpha value is -1.06. The van der Waals surface area contributed by atoms with Gasteiger partial charge in [0.15, 0.2) is 0 Å². The van der Waals surface area contributed by atoms with Gasteiger partial charge in [0.25, 0.3) is 0 Å². The zero-order chi connectivity index (χ0) is 13.1. The minimum atomic E-state index is -0.275. The van der Waals surface area contributed by atoms with E-state index in [1.807, 2.05) is 48.5 Å². The maximum Gasteiger partial charge on any atom is 0.0491 e. The largest absolute Gasteiger partial charge is 0.322 e. The van der Waals surface area contributed by atoms with Gasteiger partial charge in [0.1, 0.15) is 0 Å². The highest BCUT2D eigenvalue weighted by molar-refractivity contribution is 6.30. The van der Waals surface area contributed by atoms with Crippen molar-refractivity contribution in [2.45, 2.75) is 12.1 Å². The highest BCUT2D eigenvalue weighted by Gasteiger charge is 2.17. The van der Waals surface area contributed by atoms with Crippen molar-refractivity contribution in [2.75, 3.05) is 0 Å². The lowest BCUT2D eigenvalue weighted by molar-refractivity contribution is 0.574. The summed E-state index contributed by atoms with van der Waals surface area (Å²) < 4.78 is 0. The molecule has 2 aromatic rings. The molecule has 0 unspecified atom stereocenters. The molecule has 0 aromatic heterocycles. The van der Waals surface area contributed by atoms with Gasteiger partial charge in [0, 0.05) is 22.1 Å². The predicted octanol–water partition coefficient (Wildman–Crippen LogP) is 3.69. The molecule has 0 saturated heterocycles. The molecule has 4 N–H and O–H groups in total. The van der Waals surface area contributed by atoms with E-state index in [2.05, 4.69) is 0 Å². The summed E-state index contributed by atoms with van der Waals surface area (Å²) in [5.41, 5.74) is 14.2. The quantitative estimate of drug-likeness (QED) is 0.901. The Morgan fingerprint density at radius 1 is 0.611 bits per heavy atom. The van der Waals surface area contributed by atoms with Crippen molar-refractivity contribution in [3.63, 3.8) is 0 Å². The lowest BCUT2D eigenvalue weighted by atomic mass is 9.95. The molecular weight excluding hydrogens is 267 g/mol. The Balaban J connectivity index is 2.20. The Labute approximate surface area is 117 Å². The maximum absolute atomic E-state index is 6.16. The summed E-state index contributed by atoms with van der Waals surface area (Å²) in [6.07, 6.45) is 0. The maximum atomic E-state index is 6.16. The molecule has 0 radical (unpaired) electrons. The van der Waals surface area contributed by atoms with Crippen LogP contribution in [-0.4, -0.2) is 0 Å². The molecule has 0 aliphatic heterocycles. The summed E-state index contributed by atoms with van der Waals surface area (Å²) in [5.74, 6) is 0. The van der Waals surface area contributed by atoms with Crippen molar-refractivity contribution >= 4 is 23.2 Å². The van der Waals surface area contributed by atoms with Crippen LogP contribution in [0, 0.1) is 0 Å². The summed E-state index contributed by atoms with van der Waals surface area (Å²) in [7, 11) is 0. The van der Waals surface area contributed by atoms with E-state index in [0.29, 0.717) is 10.0 Å². The van der Waals surface area contributed by atoms with Crippen LogP contribution in [-0.2, 0) is 0 Å². The van der Waals surface area contributed by atoms with Gasteiger partial charge in [-0.05, 0) is 35.4 Å². The third-order valence-corrected chi connectivity index (χ3v) is 3.40. The fourth-order valence-corrected chi connectivity index (χ4v) is 2.04. The molecule has 0 amide bonds. The second kappa shape index (κ2) is 5.72. The van der Waals surface area contributed by atoms with E-state index in [-0.39, 0.29) is 12.1 Å². The Bertz CT molecular complexity index is 459. The summed E-state index contributed by atoms with van der Waals surface area (Å²) in [6, 6.07) is 14.3. The molecule has 2 aromatic carbocycles. The van der Waals surface area contributed by atoms with Crippen LogP contribution >= 0.6 is 23.2 Å². The molecule has 0 heterocycles. The van der Waals surface area contributed by atoms with Gasteiger partial charge in [0.2, 0.25) is 0 Å². The second-order valence-electron chi connectivity index (χ2n) is 4.15. The SMILES string of the molecule is N[C@H](c1ccc(Cl)cc1)[C@H](N)c1ccc(Cl)cc1. The van der Waals surface area contributed by atoms with Crippen LogP contribution in [0.25, 0.3) is 0 Å². The highest BCUT2D eigenvalue weighted by Crippen LogP contribution is 2.26. The number of hydrogen-bond donors (Lipinski definition) is 2. The molecule has 0 aliphatic carbocycles. The van der Waals surface area contributed by atoms with E-state index in [0.717, 1.165) is 11.1 Å². The summed E-state index contributed by atoms with van der Waals surface area (Å²) in [4.78, 5) is 0. The molecule has 0 bridgehead atoms. The second-order valence-corrected chi connectivity index (χ2v) is 5.03. The fraction of sp³-hybridized carbons (Fsp3) is 0.143. The molecule has 4 heteroatoms. The van der Waals surface area contributed by atoms with Crippen LogP contribution in [0.3, 0.4) is 0 Å². The van der Waals surface area contributed by atoms with Crippen LogP contribution < -0.4 is 11.5 Å². The lowest BCUT2D eigenvalue weighted by Crippen LogP contribution is -2.26. The molecule has 0 fully saturated rings. The van der Waals surface area contributed by atoms with E-state index >= 15 is 0 Å². The number of halogens is 2. The fourth-order valence-electron chi connectivity index (χ4n) is 1.78. The Kier molecular flexibility index (Phi) is 4.25. The molecule has 2 rings (SSSR count). The molecule has 0 aliphatic rings. The van der Waals surface area contributed by atoms with E-state index in [9.17, 15) is 0 Å². The van der Waals surface area contributed by atoms with Crippen LogP contribution in [0.1, 0.15) is 23.2 Å². The number of nitrogens with two attached hydrogens (primary N) is 2. The minimum absolute atomic E-state index is 0.275. The van der Waals surface area contributed by atoms with Gasteiger partial charge >= 0.3 is 0 Å². The molecule has 94 valence electrons. The van der Waals surface area contributed by atoms with Crippen molar-refractivity contribution in [3.05, 3.63) is 69.7 Å². The van der Waals surface area contributed by atoms with Gasteiger partial charge < -0.3 is 11.5 Å². The first-order valence-corrected chi connectivity index (χ1v) is 6.35. The van der Waals surface area contributed by atoms with E-state index in [1.54, 1.807) is 0 Å². The lowest BCUT2D eigenvalue weighted by Gasteiger charge is -2.20. The van der Waals surface area contributed by atoms with E-state index in [1.165, 1.54) is 0 Å². The van der Waals surface area contributed by atoms with Crippen molar-refractivity contribution in [2.24, 2.45) is 11.5 Å². The van der Waals surface area contributed by atoms with Crippen LogP contribution in [0.15, 0.2) is 48.5 Å². The van der Waals surface area contributed by atoms with Crippen LogP contribution in [0.5, 0.6) is 0 Å². The molecule has 0 spiro atoms. The van der Waals surface area contributed by atoms with Crippen molar-refractivity contribution in [1.29, 1.82) is 0 Å². The van der Waals surface area contributed by atoms with Gasteiger partial charge in [-0.1, -0.05) is 47.5 Å². The van der Waals surface area contributed by atoms with Crippen molar-refractivity contribution in [1.82, 2.24) is 0 Å². The Morgan fingerprint density at radius 2 is 0.889 bits per heavy atom. The van der Waals surface area contributed by atoms with Gasteiger partial charge in [0.05, 0.1) is 0 Å². The third kappa shape index (κ3) is 3.03. The standard InChI is InChI=1S/C14H14Cl2N2/c15-11-5-1-9(2-6-11)13(17)14(18)10-3-7-12(16)8-4-10/h1-8,13-14H,17-18H2/t13-,14-/m1/s1. The van der Waals surface area contributed by atoms with Crippen LogP contribution in [0.4, 0.5) is 0 Å². The minimum Gasteiger partial charge on any atom is -0.322 e. The molecule has 0 saturated carbocycles. The summed E-state index contributed by atoms with van der Waals surface area (Å²) in [5, 5.41) is 1.37. The molecule has 2 atom stereocenters. The van der Waals surface area contributed by atoms with Gasteiger partial charge in [-0.25, -0.2) is 0 Å². The van der Waals surface area contributed by atoms with E-state index < -0.39 is 0 Å². The number of rotatable bonds is 3.